The molecule has 0 saturated heterocycles. The van der Waals surface area contributed by atoms with Crippen LogP contribution in [-0.2, 0) is 4.79 Å². The van der Waals surface area contributed by atoms with Crippen LogP contribution in [0, 0.1) is 17.0 Å². The van der Waals surface area contributed by atoms with Gasteiger partial charge in [0.1, 0.15) is 5.75 Å². The Labute approximate surface area is 243 Å². The van der Waals surface area contributed by atoms with Gasteiger partial charge in [-0.15, -0.1) is 0 Å². The zero-order valence-electron chi connectivity index (χ0n) is 22.9. The molecule has 41 heavy (non-hydrogen) atoms. The van der Waals surface area contributed by atoms with E-state index in [9.17, 15) is 19.7 Å². The van der Waals surface area contributed by atoms with Gasteiger partial charge in [-0.1, -0.05) is 26.0 Å². The number of carboxylic acid groups (broad SMARTS) is 1. The number of nitrogens with zero attached hydrogens (tertiary/aromatic N) is 4. The number of para-hydroxylation sites is 1. The smallest absolute Gasteiger partial charge is 0.344 e. The fraction of sp³-hybridized carbons (Fsp3) is 0.241. The first kappa shape index (κ1) is 29.4. The maximum atomic E-state index is 13.7. The number of rotatable bonds is 9. The molecule has 4 rings (SSSR count). The van der Waals surface area contributed by atoms with Crippen LogP contribution in [0.15, 0.2) is 62.9 Å². The predicted molar refractivity (Wildman–Crippen MR) is 158 cm³/mol. The number of benzene rings is 3. The summed E-state index contributed by atoms with van der Waals surface area (Å²) < 4.78 is 12.2. The van der Waals surface area contributed by atoms with E-state index < -0.39 is 28.2 Å². The minimum atomic E-state index is -1.32. The van der Waals surface area contributed by atoms with Crippen LogP contribution in [0.1, 0.15) is 43.4 Å². The average molecular weight is 623 g/mol. The molecule has 0 bridgehead atoms. The van der Waals surface area contributed by atoms with Crippen LogP contribution in [0.5, 0.6) is 11.5 Å². The summed E-state index contributed by atoms with van der Waals surface area (Å²) in [5.74, 6) is -0.382. The number of carboxylic acids is 1. The summed E-state index contributed by atoms with van der Waals surface area (Å²) in [4.78, 5) is 40.8. The van der Waals surface area contributed by atoms with Crippen LogP contribution in [0.3, 0.4) is 0 Å². The van der Waals surface area contributed by atoms with Crippen molar-refractivity contribution in [3.05, 3.63) is 90.2 Å². The van der Waals surface area contributed by atoms with Crippen LogP contribution >= 0.6 is 15.9 Å². The van der Waals surface area contributed by atoms with Crippen LogP contribution in [-0.4, -0.2) is 45.1 Å². The van der Waals surface area contributed by atoms with Crippen molar-refractivity contribution in [2.24, 2.45) is 5.10 Å². The second-order valence-electron chi connectivity index (χ2n) is 9.58. The van der Waals surface area contributed by atoms with E-state index in [0.717, 1.165) is 21.6 Å². The lowest BCUT2D eigenvalue weighted by Crippen LogP contribution is -2.23. The number of ether oxygens (including phenoxy) is 2. The Morgan fingerprint density at radius 3 is 2.54 bits per heavy atom. The maximum absolute atomic E-state index is 13.7. The molecule has 11 nitrogen and oxygen atoms in total. The number of aliphatic carboxylic acids is 1. The summed E-state index contributed by atoms with van der Waals surface area (Å²) in [6.07, 6.45) is -0.0241. The molecule has 1 heterocycles. The lowest BCUT2D eigenvalue weighted by atomic mass is 9.96. The van der Waals surface area contributed by atoms with Crippen molar-refractivity contribution in [3.8, 4) is 22.9 Å². The minimum Gasteiger partial charge on any atom is -0.496 e. The molecule has 4 aromatic rings. The van der Waals surface area contributed by atoms with Gasteiger partial charge in [0.2, 0.25) is 5.75 Å². The number of hydrogen-bond donors (Lipinski definition) is 1. The van der Waals surface area contributed by atoms with Crippen molar-refractivity contribution in [1.82, 2.24) is 9.66 Å². The fourth-order valence-corrected chi connectivity index (χ4v) is 4.81. The second kappa shape index (κ2) is 11.9. The standard InChI is InChI=1S/C29H27BrN4O7/c1-15(2)20-13-21(16(3)10-25(20)40-5)27-32-23-9-7-6-8-19(23)28(35)33(27)31-14-18-11-22(30)26(24(12-18)34(38)39)41-17(4)29(36)37/h6-15,17H,1-5H3,(H,36,37)/t17-/m1/s1. The van der Waals surface area contributed by atoms with Crippen LogP contribution in [0.2, 0.25) is 0 Å². The highest BCUT2D eigenvalue weighted by Gasteiger charge is 2.25. The Bertz CT molecular complexity index is 1760. The highest BCUT2D eigenvalue weighted by molar-refractivity contribution is 9.10. The largest absolute Gasteiger partial charge is 0.496 e. The maximum Gasteiger partial charge on any atom is 0.344 e. The first-order chi connectivity index (χ1) is 19.4. The van der Waals surface area contributed by atoms with E-state index in [1.54, 1.807) is 31.4 Å². The summed E-state index contributed by atoms with van der Waals surface area (Å²) in [5.41, 5.74) is 2.28. The highest BCUT2D eigenvalue weighted by atomic mass is 79.9. The fourth-order valence-electron chi connectivity index (χ4n) is 4.25. The minimum absolute atomic E-state index is 0.121. The summed E-state index contributed by atoms with van der Waals surface area (Å²) in [5, 5.41) is 25.8. The van der Waals surface area contributed by atoms with Gasteiger partial charge >= 0.3 is 11.7 Å². The number of aryl methyl sites for hydroxylation is 1. The first-order valence-electron chi connectivity index (χ1n) is 12.5. The Morgan fingerprint density at radius 1 is 1.20 bits per heavy atom. The number of nitro benzene ring substituents is 1. The Hall–Kier alpha value is -4.58. The van der Waals surface area contributed by atoms with E-state index in [2.05, 4.69) is 21.0 Å². The van der Waals surface area contributed by atoms with Crippen molar-refractivity contribution < 1.29 is 24.3 Å². The van der Waals surface area contributed by atoms with Crippen molar-refractivity contribution in [3.63, 3.8) is 0 Å². The lowest BCUT2D eigenvalue weighted by molar-refractivity contribution is -0.386. The molecule has 0 aliphatic heterocycles. The van der Waals surface area contributed by atoms with E-state index in [0.29, 0.717) is 16.5 Å². The molecule has 3 aromatic carbocycles. The molecule has 0 aliphatic carbocycles. The Balaban J connectivity index is 1.92. The third-order valence-corrected chi connectivity index (χ3v) is 6.99. The molecular formula is C29H27BrN4O7. The third kappa shape index (κ3) is 5.97. The highest BCUT2D eigenvalue weighted by Crippen LogP contribution is 2.37. The lowest BCUT2D eigenvalue weighted by Gasteiger charge is -2.17. The van der Waals surface area contributed by atoms with Crippen LogP contribution in [0.4, 0.5) is 5.69 Å². The molecule has 1 atom stereocenters. The summed E-state index contributed by atoms with van der Waals surface area (Å²) in [6.45, 7) is 7.21. The molecule has 0 unspecified atom stereocenters. The zero-order chi connectivity index (χ0) is 30.0. The Kier molecular flexibility index (Phi) is 8.52. The van der Waals surface area contributed by atoms with Gasteiger partial charge < -0.3 is 14.6 Å². The van der Waals surface area contributed by atoms with E-state index in [1.165, 1.54) is 25.3 Å². The quantitative estimate of drug-likeness (QED) is 0.138. The van der Waals surface area contributed by atoms with Crippen molar-refractivity contribution in [2.45, 2.75) is 39.7 Å². The number of carbonyl (C=O) groups is 1. The van der Waals surface area contributed by atoms with Crippen molar-refractivity contribution in [1.29, 1.82) is 0 Å². The number of halogens is 1. The normalized spacial score (nSPS) is 12.2. The molecule has 0 spiro atoms. The van der Waals surface area contributed by atoms with E-state index in [4.69, 9.17) is 19.6 Å². The van der Waals surface area contributed by atoms with E-state index in [-0.39, 0.29) is 27.5 Å². The van der Waals surface area contributed by atoms with E-state index >= 15 is 0 Å². The SMILES string of the molecule is COc1cc(C)c(-c2nc3ccccc3c(=O)n2N=Cc2cc(Br)c(O[C@H](C)C(=O)O)c([N+](=O)[O-])c2)cc1C(C)C. The molecule has 0 saturated carbocycles. The predicted octanol–water partition coefficient (Wildman–Crippen LogP) is 5.91. The first-order valence-corrected chi connectivity index (χ1v) is 13.3. The van der Waals surface area contributed by atoms with Crippen LogP contribution in [0.25, 0.3) is 22.3 Å². The zero-order valence-corrected chi connectivity index (χ0v) is 24.5. The third-order valence-electron chi connectivity index (χ3n) is 6.40. The molecular weight excluding hydrogens is 596 g/mol. The van der Waals surface area contributed by atoms with Crippen molar-refractivity contribution >= 4 is 44.7 Å². The van der Waals surface area contributed by atoms with Gasteiger partial charge in [0, 0.05) is 17.2 Å². The van der Waals surface area contributed by atoms with Crippen LogP contribution < -0.4 is 15.0 Å². The van der Waals surface area contributed by atoms with Gasteiger partial charge in [-0.2, -0.15) is 9.78 Å². The number of nitro groups is 1. The van der Waals surface area contributed by atoms with Gasteiger partial charge in [0.15, 0.2) is 11.9 Å². The summed E-state index contributed by atoms with van der Waals surface area (Å²) in [7, 11) is 1.60. The van der Waals surface area contributed by atoms with E-state index in [1.807, 2.05) is 32.9 Å². The molecule has 0 aliphatic rings. The summed E-state index contributed by atoms with van der Waals surface area (Å²) >= 11 is 3.24. The topological polar surface area (TPSA) is 146 Å². The molecule has 1 N–H and O–H groups in total. The average Bonchev–Trinajstić information content (AvgIpc) is 2.93. The summed E-state index contributed by atoms with van der Waals surface area (Å²) in [6, 6.07) is 13.4. The second-order valence-corrected chi connectivity index (χ2v) is 10.4. The van der Waals surface area contributed by atoms with Gasteiger partial charge in [0.25, 0.3) is 5.56 Å². The molecule has 0 fully saturated rings. The molecule has 12 heteroatoms. The molecule has 0 amide bonds. The molecule has 212 valence electrons. The number of methoxy groups -OCH3 is 1. The molecule has 0 radical (unpaired) electrons. The monoisotopic (exact) mass is 622 g/mol. The van der Waals surface area contributed by atoms with Gasteiger partial charge in [-0.25, -0.2) is 9.78 Å². The molecule has 1 aromatic heterocycles. The number of hydrogen-bond acceptors (Lipinski definition) is 8. The number of fused-ring (bicyclic) bond motifs is 1. The van der Waals surface area contributed by atoms with Gasteiger partial charge in [0.05, 0.1) is 33.6 Å². The van der Waals surface area contributed by atoms with Crippen molar-refractivity contribution in [2.75, 3.05) is 7.11 Å². The van der Waals surface area contributed by atoms with Gasteiger partial charge in [-0.05, 0) is 77.2 Å². The van der Waals surface area contributed by atoms with Gasteiger partial charge in [-0.3, -0.25) is 14.9 Å². The number of aromatic nitrogens is 2. The Morgan fingerprint density at radius 2 is 1.90 bits per heavy atom.